The molecule has 164 valence electrons. The van der Waals surface area contributed by atoms with Gasteiger partial charge in [0.2, 0.25) is 0 Å². The number of nitrogens with one attached hydrogen (secondary N) is 1. The van der Waals surface area contributed by atoms with E-state index in [2.05, 4.69) is 19.9 Å². The van der Waals surface area contributed by atoms with Crippen molar-refractivity contribution in [1.82, 2.24) is 15.0 Å². The van der Waals surface area contributed by atoms with Crippen molar-refractivity contribution in [2.24, 2.45) is 5.73 Å². The lowest BCUT2D eigenvalue weighted by atomic mass is 10.0. The molecule has 32 heavy (non-hydrogen) atoms. The van der Waals surface area contributed by atoms with Gasteiger partial charge in [0.05, 0.1) is 21.7 Å². The minimum atomic E-state index is -3.37. The van der Waals surface area contributed by atoms with E-state index in [-0.39, 0.29) is 16.5 Å². The molecule has 4 aromatic rings. The number of para-hydroxylation sites is 1. The van der Waals surface area contributed by atoms with Crippen LogP contribution in [-0.2, 0) is 9.84 Å². The van der Waals surface area contributed by atoms with Gasteiger partial charge in [0.25, 0.3) is 0 Å². The van der Waals surface area contributed by atoms with Gasteiger partial charge >= 0.3 is 0 Å². The number of halogens is 1. The Bertz CT molecular complexity index is 1430. The predicted octanol–water partition coefficient (Wildman–Crippen LogP) is 3.37. The highest BCUT2D eigenvalue weighted by Gasteiger charge is 2.27. The number of aromatic amines is 1. The van der Waals surface area contributed by atoms with Gasteiger partial charge in [-0.2, -0.15) is 0 Å². The highest BCUT2D eigenvalue weighted by Crippen LogP contribution is 2.40. The number of pyridine rings is 1. The molecule has 0 spiro atoms. The first kappa shape index (κ1) is 20.6. The molecule has 3 N–H and O–H groups in total. The fourth-order valence-corrected chi connectivity index (χ4v) is 4.86. The van der Waals surface area contributed by atoms with E-state index in [9.17, 15) is 12.8 Å². The molecule has 0 aliphatic carbocycles. The minimum absolute atomic E-state index is 0.0272. The zero-order valence-electron chi connectivity index (χ0n) is 17.4. The molecule has 0 unspecified atom stereocenters. The molecule has 7 nitrogen and oxygen atoms in total. The Labute approximate surface area is 185 Å². The zero-order valence-corrected chi connectivity index (χ0v) is 18.2. The Hall–Kier alpha value is -3.30. The largest absolute Gasteiger partial charge is 0.369 e. The Morgan fingerprint density at radius 2 is 1.94 bits per heavy atom. The van der Waals surface area contributed by atoms with E-state index >= 15 is 0 Å². The van der Waals surface area contributed by atoms with Gasteiger partial charge in [0.1, 0.15) is 11.3 Å². The number of anilines is 1. The number of hydrogen-bond donors (Lipinski definition) is 2. The lowest BCUT2D eigenvalue weighted by Crippen LogP contribution is -2.27. The number of aromatic nitrogens is 3. The summed E-state index contributed by atoms with van der Waals surface area (Å²) < 4.78 is 38.5. The SMILES string of the molecule is CS(=O)(=O)c1cccc(-c2cncc(-c3nc4c(F)cccc4[nH]3)c2N2CC[C@H](N)C2)c1. The van der Waals surface area contributed by atoms with Crippen LogP contribution in [0.15, 0.2) is 59.8 Å². The maximum atomic E-state index is 14.3. The number of benzene rings is 2. The van der Waals surface area contributed by atoms with Crippen molar-refractivity contribution in [2.75, 3.05) is 24.2 Å². The molecule has 1 saturated heterocycles. The van der Waals surface area contributed by atoms with Crippen LogP contribution in [0, 0.1) is 5.82 Å². The van der Waals surface area contributed by atoms with Gasteiger partial charge in [0, 0.05) is 43.3 Å². The summed E-state index contributed by atoms with van der Waals surface area (Å²) in [4.78, 5) is 14.5. The summed E-state index contributed by atoms with van der Waals surface area (Å²) in [6.45, 7) is 1.38. The lowest BCUT2D eigenvalue weighted by molar-refractivity contribution is 0.602. The maximum Gasteiger partial charge on any atom is 0.175 e. The van der Waals surface area contributed by atoms with Crippen molar-refractivity contribution in [3.8, 4) is 22.5 Å². The third kappa shape index (κ3) is 3.63. The number of hydrogen-bond acceptors (Lipinski definition) is 6. The van der Waals surface area contributed by atoms with E-state index in [0.29, 0.717) is 23.4 Å². The lowest BCUT2D eigenvalue weighted by Gasteiger charge is -2.24. The topological polar surface area (TPSA) is 105 Å². The van der Waals surface area contributed by atoms with Gasteiger partial charge < -0.3 is 15.6 Å². The summed E-state index contributed by atoms with van der Waals surface area (Å²) in [6.07, 6.45) is 5.43. The number of H-pyrrole nitrogens is 1. The third-order valence-corrected chi connectivity index (χ3v) is 6.86. The van der Waals surface area contributed by atoms with E-state index < -0.39 is 15.7 Å². The monoisotopic (exact) mass is 451 g/mol. The Morgan fingerprint density at radius 1 is 1.16 bits per heavy atom. The van der Waals surface area contributed by atoms with E-state index in [1.54, 1.807) is 42.7 Å². The summed E-state index contributed by atoms with van der Waals surface area (Å²) in [5.41, 5.74) is 10.1. The third-order valence-electron chi connectivity index (χ3n) is 5.75. The second-order valence-corrected chi connectivity index (χ2v) is 10.1. The van der Waals surface area contributed by atoms with Crippen LogP contribution in [0.5, 0.6) is 0 Å². The smallest absolute Gasteiger partial charge is 0.175 e. The van der Waals surface area contributed by atoms with Crippen LogP contribution in [0.2, 0.25) is 0 Å². The van der Waals surface area contributed by atoms with Crippen molar-refractivity contribution >= 4 is 26.6 Å². The maximum absolute atomic E-state index is 14.3. The first-order chi connectivity index (χ1) is 15.3. The van der Waals surface area contributed by atoms with Crippen LogP contribution in [0.4, 0.5) is 10.1 Å². The number of nitrogens with two attached hydrogens (primary N) is 1. The fourth-order valence-electron chi connectivity index (χ4n) is 4.19. The Balaban J connectivity index is 1.74. The van der Waals surface area contributed by atoms with Crippen LogP contribution >= 0.6 is 0 Å². The molecule has 2 aromatic carbocycles. The van der Waals surface area contributed by atoms with Gasteiger partial charge in [-0.05, 0) is 36.2 Å². The molecule has 1 aliphatic rings. The average Bonchev–Trinajstić information content (AvgIpc) is 3.40. The molecule has 3 heterocycles. The van der Waals surface area contributed by atoms with E-state index in [4.69, 9.17) is 5.73 Å². The molecule has 0 amide bonds. The average molecular weight is 452 g/mol. The summed E-state index contributed by atoms with van der Waals surface area (Å²) in [6, 6.07) is 11.6. The van der Waals surface area contributed by atoms with Crippen LogP contribution in [-0.4, -0.2) is 48.8 Å². The Kier molecular flexibility index (Phi) is 4.94. The standard InChI is InChI=1S/C23H22FN5O2S/c1-32(30,31)16-5-2-4-14(10-16)17-11-26-12-18(22(17)29-9-8-15(25)13-29)23-27-20-7-3-6-19(24)21(20)28-23/h2-7,10-12,15H,8-9,13,25H2,1H3,(H,27,28)/t15-/m0/s1. The molecule has 0 bridgehead atoms. The van der Waals surface area contributed by atoms with Crippen LogP contribution in [0.25, 0.3) is 33.5 Å². The predicted molar refractivity (Wildman–Crippen MR) is 123 cm³/mol. The number of fused-ring (bicyclic) bond motifs is 1. The Morgan fingerprint density at radius 3 is 2.66 bits per heavy atom. The first-order valence-corrected chi connectivity index (χ1v) is 12.1. The van der Waals surface area contributed by atoms with Gasteiger partial charge in [-0.15, -0.1) is 0 Å². The molecule has 0 saturated carbocycles. The number of rotatable bonds is 4. The highest BCUT2D eigenvalue weighted by molar-refractivity contribution is 7.90. The van der Waals surface area contributed by atoms with Gasteiger partial charge in [-0.1, -0.05) is 18.2 Å². The van der Waals surface area contributed by atoms with Crippen molar-refractivity contribution in [3.05, 3.63) is 60.7 Å². The molecular formula is C23H22FN5O2S. The molecule has 9 heteroatoms. The van der Waals surface area contributed by atoms with Crippen LogP contribution < -0.4 is 10.6 Å². The summed E-state index contributed by atoms with van der Waals surface area (Å²) in [5.74, 6) is 0.0916. The molecule has 5 rings (SSSR count). The van der Waals surface area contributed by atoms with E-state index in [1.807, 2.05) is 6.07 Å². The highest BCUT2D eigenvalue weighted by atomic mass is 32.2. The van der Waals surface area contributed by atoms with E-state index in [1.165, 1.54) is 12.3 Å². The van der Waals surface area contributed by atoms with Gasteiger partial charge in [-0.25, -0.2) is 17.8 Å². The summed E-state index contributed by atoms with van der Waals surface area (Å²) in [5, 5.41) is 0. The van der Waals surface area contributed by atoms with Crippen molar-refractivity contribution in [2.45, 2.75) is 17.4 Å². The summed E-state index contributed by atoms with van der Waals surface area (Å²) in [7, 11) is -3.37. The molecule has 1 atom stereocenters. The van der Waals surface area contributed by atoms with Crippen LogP contribution in [0.3, 0.4) is 0 Å². The minimum Gasteiger partial charge on any atom is -0.369 e. The van der Waals surface area contributed by atoms with Gasteiger partial charge in [-0.3, -0.25) is 4.98 Å². The second-order valence-electron chi connectivity index (χ2n) is 8.10. The number of imidazole rings is 1. The van der Waals surface area contributed by atoms with Crippen molar-refractivity contribution in [3.63, 3.8) is 0 Å². The molecular weight excluding hydrogens is 429 g/mol. The number of nitrogens with zero attached hydrogens (tertiary/aromatic N) is 3. The molecule has 0 radical (unpaired) electrons. The van der Waals surface area contributed by atoms with Crippen molar-refractivity contribution < 1.29 is 12.8 Å². The fraction of sp³-hybridized carbons (Fsp3) is 0.217. The second kappa shape index (κ2) is 7.68. The van der Waals surface area contributed by atoms with E-state index in [0.717, 1.165) is 29.8 Å². The quantitative estimate of drug-likeness (QED) is 0.493. The van der Waals surface area contributed by atoms with Gasteiger partial charge in [0.15, 0.2) is 15.7 Å². The zero-order chi connectivity index (χ0) is 22.5. The summed E-state index contributed by atoms with van der Waals surface area (Å²) >= 11 is 0. The molecule has 2 aromatic heterocycles. The number of sulfone groups is 1. The molecule has 1 fully saturated rings. The normalized spacial score (nSPS) is 16.7. The first-order valence-electron chi connectivity index (χ1n) is 10.2. The molecule has 1 aliphatic heterocycles. The van der Waals surface area contributed by atoms with Crippen molar-refractivity contribution in [1.29, 1.82) is 0 Å². The van der Waals surface area contributed by atoms with Crippen LogP contribution in [0.1, 0.15) is 6.42 Å².